The summed E-state index contributed by atoms with van der Waals surface area (Å²) in [5.74, 6) is 0. The van der Waals surface area contributed by atoms with E-state index in [1.165, 1.54) is 0 Å². The Bertz CT molecular complexity index is 219. The highest BCUT2D eigenvalue weighted by molar-refractivity contribution is 7.85. The molecule has 13 heavy (non-hydrogen) atoms. The Morgan fingerprint density at radius 3 is 2.08 bits per heavy atom. The molecule has 1 aliphatic heterocycles. The molecule has 0 unspecified atom stereocenters. The van der Waals surface area contributed by atoms with Crippen LogP contribution in [0.15, 0.2) is 0 Å². The van der Waals surface area contributed by atoms with Crippen molar-refractivity contribution >= 4 is 10.1 Å². The van der Waals surface area contributed by atoms with Gasteiger partial charge in [-0.2, -0.15) is 8.42 Å². The predicted octanol–water partition coefficient (Wildman–Crippen LogP) is -0.111. The Labute approximate surface area is 79.2 Å². The van der Waals surface area contributed by atoms with E-state index in [4.69, 9.17) is 9.29 Å². The summed E-state index contributed by atoms with van der Waals surface area (Å²) < 4.78 is 31.3. The number of nitrogens with one attached hydrogen (secondary N) is 1. The van der Waals surface area contributed by atoms with Gasteiger partial charge in [-0.25, -0.2) is 0 Å². The van der Waals surface area contributed by atoms with Crippen molar-refractivity contribution in [3.8, 4) is 0 Å². The molecule has 0 bridgehead atoms. The Hall–Kier alpha value is -0.170. The predicted molar refractivity (Wildman–Crippen MR) is 50.4 cm³/mol. The number of hydrogen-bond acceptors (Lipinski definition) is 4. The molecule has 1 aliphatic rings. The molecular formula is C7H17NO4S. The van der Waals surface area contributed by atoms with Crippen LogP contribution < -0.4 is 5.32 Å². The van der Waals surface area contributed by atoms with Crippen LogP contribution in [-0.4, -0.2) is 44.5 Å². The maximum Gasteiger partial charge on any atom is 0.261 e. The minimum absolute atomic E-state index is 0.0677. The Kier molecular flexibility index (Phi) is 4.83. The van der Waals surface area contributed by atoms with Gasteiger partial charge < -0.3 is 10.1 Å². The number of ether oxygens (including phenoxy) is 1. The minimum Gasteiger partial charge on any atom is -0.373 e. The molecule has 0 spiro atoms. The lowest BCUT2D eigenvalue weighted by Crippen LogP contribution is -2.45. The van der Waals surface area contributed by atoms with Crippen LogP contribution in [0.25, 0.3) is 0 Å². The van der Waals surface area contributed by atoms with Crippen molar-refractivity contribution in [3.63, 3.8) is 0 Å². The highest BCUT2D eigenvalue weighted by Crippen LogP contribution is 2.08. The van der Waals surface area contributed by atoms with E-state index in [1.807, 2.05) is 0 Å². The van der Waals surface area contributed by atoms with E-state index in [0.717, 1.165) is 19.7 Å². The molecule has 5 nitrogen and oxygen atoms in total. The van der Waals surface area contributed by atoms with Crippen LogP contribution in [0, 0.1) is 0 Å². The maximum atomic E-state index is 9.19. The average molecular weight is 211 g/mol. The van der Waals surface area contributed by atoms with Crippen molar-refractivity contribution in [2.24, 2.45) is 0 Å². The molecule has 2 N–H and O–H groups in total. The monoisotopic (exact) mass is 211 g/mol. The van der Waals surface area contributed by atoms with Crippen molar-refractivity contribution in [1.82, 2.24) is 5.32 Å². The summed E-state index contributed by atoms with van der Waals surface area (Å²) in [4.78, 5) is 0. The van der Waals surface area contributed by atoms with Gasteiger partial charge in [-0.1, -0.05) is 0 Å². The van der Waals surface area contributed by atoms with E-state index in [9.17, 15) is 8.42 Å². The van der Waals surface area contributed by atoms with E-state index >= 15 is 0 Å². The van der Waals surface area contributed by atoms with Gasteiger partial charge in [0.05, 0.1) is 18.5 Å². The first-order valence-corrected chi connectivity index (χ1v) is 5.83. The van der Waals surface area contributed by atoms with Gasteiger partial charge in [-0.3, -0.25) is 4.55 Å². The van der Waals surface area contributed by atoms with Gasteiger partial charge in [0.15, 0.2) is 0 Å². The largest absolute Gasteiger partial charge is 0.373 e. The third-order valence-electron chi connectivity index (χ3n) is 1.32. The van der Waals surface area contributed by atoms with Crippen molar-refractivity contribution in [2.75, 3.05) is 26.0 Å². The van der Waals surface area contributed by atoms with Crippen LogP contribution in [0.2, 0.25) is 0 Å². The Morgan fingerprint density at radius 1 is 1.46 bits per heavy atom. The molecule has 0 aromatic heterocycles. The van der Waals surface area contributed by atoms with Crippen LogP contribution >= 0.6 is 0 Å². The van der Waals surface area contributed by atoms with Gasteiger partial charge >= 0.3 is 0 Å². The van der Waals surface area contributed by atoms with E-state index in [-0.39, 0.29) is 5.60 Å². The zero-order chi connectivity index (χ0) is 10.5. The molecule has 0 saturated carbocycles. The molecule has 1 saturated heterocycles. The average Bonchev–Trinajstić information content (AvgIpc) is 1.82. The summed E-state index contributed by atoms with van der Waals surface area (Å²) in [5.41, 5.74) is 0.0677. The molecule has 0 amide bonds. The van der Waals surface area contributed by atoms with Crippen molar-refractivity contribution < 1.29 is 17.7 Å². The first kappa shape index (κ1) is 12.8. The van der Waals surface area contributed by atoms with Gasteiger partial charge in [0, 0.05) is 13.1 Å². The summed E-state index contributed by atoms with van der Waals surface area (Å²) in [6, 6.07) is 0. The maximum absolute atomic E-state index is 9.19. The SMILES string of the molecule is CC1(C)CNCCO1.CS(=O)(=O)O. The number of rotatable bonds is 0. The fraction of sp³-hybridized carbons (Fsp3) is 1.00. The lowest BCUT2D eigenvalue weighted by atomic mass is 10.1. The van der Waals surface area contributed by atoms with Crippen LogP contribution in [0.5, 0.6) is 0 Å². The molecule has 0 aliphatic carbocycles. The van der Waals surface area contributed by atoms with Gasteiger partial charge in [-0.15, -0.1) is 0 Å². The third kappa shape index (κ3) is 11.8. The molecule has 6 heteroatoms. The minimum atomic E-state index is -3.67. The molecule has 80 valence electrons. The molecule has 0 atom stereocenters. The second-order valence-corrected chi connectivity index (χ2v) is 4.98. The zero-order valence-electron chi connectivity index (χ0n) is 8.20. The number of morpholine rings is 1. The second kappa shape index (κ2) is 4.90. The fourth-order valence-corrected chi connectivity index (χ4v) is 0.840. The summed E-state index contributed by atoms with van der Waals surface area (Å²) in [6.07, 6.45) is 0.715. The van der Waals surface area contributed by atoms with Crippen LogP contribution in [0.3, 0.4) is 0 Å². The lowest BCUT2D eigenvalue weighted by molar-refractivity contribution is -0.0384. The zero-order valence-corrected chi connectivity index (χ0v) is 9.02. The van der Waals surface area contributed by atoms with Crippen molar-refractivity contribution in [2.45, 2.75) is 19.4 Å². The number of hydrogen-bond donors (Lipinski definition) is 2. The van der Waals surface area contributed by atoms with Gasteiger partial charge in [0.1, 0.15) is 0 Å². The van der Waals surface area contributed by atoms with E-state index in [0.29, 0.717) is 6.26 Å². The molecule has 1 rings (SSSR count). The van der Waals surface area contributed by atoms with Gasteiger partial charge in [-0.05, 0) is 13.8 Å². The first-order valence-electron chi connectivity index (χ1n) is 3.98. The van der Waals surface area contributed by atoms with Crippen LogP contribution in [-0.2, 0) is 14.9 Å². The molecule has 0 aromatic carbocycles. The normalized spacial score (nSPS) is 21.5. The van der Waals surface area contributed by atoms with Crippen molar-refractivity contribution in [3.05, 3.63) is 0 Å². The Balaban J connectivity index is 0.000000252. The quantitative estimate of drug-likeness (QED) is 0.547. The summed E-state index contributed by atoms with van der Waals surface area (Å²) in [5, 5.41) is 3.25. The standard InChI is InChI=1S/C6H13NO.CH4O3S/c1-6(2)5-7-3-4-8-6;1-5(2,3)4/h7H,3-5H2,1-2H3;1H3,(H,2,3,4). The molecule has 0 aromatic rings. The van der Waals surface area contributed by atoms with E-state index in [1.54, 1.807) is 0 Å². The lowest BCUT2D eigenvalue weighted by Gasteiger charge is -2.30. The van der Waals surface area contributed by atoms with Crippen LogP contribution in [0.1, 0.15) is 13.8 Å². The second-order valence-electron chi connectivity index (χ2n) is 3.52. The summed E-state index contributed by atoms with van der Waals surface area (Å²) >= 11 is 0. The van der Waals surface area contributed by atoms with Crippen LogP contribution in [0.4, 0.5) is 0 Å². The summed E-state index contributed by atoms with van der Waals surface area (Å²) in [7, 11) is -3.67. The smallest absolute Gasteiger partial charge is 0.261 e. The first-order chi connectivity index (χ1) is 5.71. The van der Waals surface area contributed by atoms with E-state index < -0.39 is 10.1 Å². The highest BCUT2D eigenvalue weighted by Gasteiger charge is 2.20. The Morgan fingerprint density at radius 2 is 1.92 bits per heavy atom. The van der Waals surface area contributed by atoms with Gasteiger partial charge in [0.2, 0.25) is 0 Å². The third-order valence-corrected chi connectivity index (χ3v) is 1.32. The molecular weight excluding hydrogens is 194 g/mol. The molecule has 1 fully saturated rings. The molecule has 0 radical (unpaired) electrons. The molecule has 1 heterocycles. The topological polar surface area (TPSA) is 75.6 Å². The summed E-state index contributed by atoms with van der Waals surface area (Å²) in [6.45, 7) is 7.03. The highest BCUT2D eigenvalue weighted by atomic mass is 32.2. The van der Waals surface area contributed by atoms with Crippen molar-refractivity contribution in [1.29, 1.82) is 0 Å². The van der Waals surface area contributed by atoms with E-state index in [2.05, 4.69) is 19.2 Å². The fourth-order valence-electron chi connectivity index (χ4n) is 0.840. The van der Waals surface area contributed by atoms with Gasteiger partial charge in [0.25, 0.3) is 10.1 Å².